The molecule has 0 saturated heterocycles. The highest BCUT2D eigenvalue weighted by Crippen LogP contribution is 2.32. The molecule has 0 bridgehead atoms. The summed E-state index contributed by atoms with van der Waals surface area (Å²) in [5.41, 5.74) is 1.13. The number of carbonyl (C=O) groups is 1. The fourth-order valence-corrected chi connectivity index (χ4v) is 3.54. The minimum absolute atomic E-state index is 0.0819. The molecule has 23 heavy (non-hydrogen) atoms. The van der Waals surface area contributed by atoms with Gasteiger partial charge in [-0.1, -0.05) is 52.5 Å². The van der Waals surface area contributed by atoms with E-state index in [9.17, 15) is 13.2 Å². The number of amides is 1. The molecule has 2 aromatic rings. The summed E-state index contributed by atoms with van der Waals surface area (Å²) in [6.07, 6.45) is 0. The van der Waals surface area contributed by atoms with Crippen molar-refractivity contribution in [2.24, 2.45) is 0 Å². The number of aryl methyl sites for hydroxylation is 1. The number of carbonyl (C=O) groups excluding carboxylic acids is 1. The van der Waals surface area contributed by atoms with Crippen molar-refractivity contribution >= 4 is 56.2 Å². The minimum Gasteiger partial charge on any atom is -0.324 e. The van der Waals surface area contributed by atoms with Crippen molar-refractivity contribution < 1.29 is 13.2 Å². The molecule has 4 nitrogen and oxygen atoms in total. The van der Waals surface area contributed by atoms with E-state index in [2.05, 4.69) is 5.32 Å². The van der Waals surface area contributed by atoms with Crippen molar-refractivity contribution in [1.82, 2.24) is 0 Å². The first-order chi connectivity index (χ1) is 10.7. The van der Waals surface area contributed by atoms with Gasteiger partial charge < -0.3 is 5.32 Å². The smallest absolute Gasteiger partial charge is 0.240 e. The lowest BCUT2D eigenvalue weighted by Crippen LogP contribution is -2.23. The van der Waals surface area contributed by atoms with Crippen LogP contribution < -0.4 is 5.32 Å². The zero-order valence-corrected chi connectivity index (χ0v) is 15.0. The summed E-state index contributed by atoms with van der Waals surface area (Å²) in [7, 11) is -3.74. The molecule has 0 unspecified atom stereocenters. The van der Waals surface area contributed by atoms with E-state index in [0.717, 1.165) is 5.56 Å². The molecule has 0 atom stereocenters. The van der Waals surface area contributed by atoms with Gasteiger partial charge in [-0.05, 0) is 31.2 Å². The number of benzene rings is 2. The third-order valence-corrected chi connectivity index (χ3v) is 5.65. The lowest BCUT2D eigenvalue weighted by Gasteiger charge is -2.09. The fraction of sp³-hybridized carbons (Fsp3) is 0.133. The maximum Gasteiger partial charge on any atom is 0.240 e. The molecule has 0 aromatic heterocycles. The molecule has 8 heteroatoms. The molecule has 0 spiro atoms. The normalized spacial score (nSPS) is 11.3. The van der Waals surface area contributed by atoms with Gasteiger partial charge in [-0.3, -0.25) is 4.79 Å². The molecule has 1 amide bonds. The number of sulfone groups is 1. The summed E-state index contributed by atoms with van der Waals surface area (Å²) < 4.78 is 24.4. The molecule has 0 fully saturated rings. The van der Waals surface area contributed by atoms with Gasteiger partial charge in [0.1, 0.15) is 5.75 Å². The van der Waals surface area contributed by atoms with Gasteiger partial charge in [0.25, 0.3) is 0 Å². The van der Waals surface area contributed by atoms with E-state index in [1.54, 1.807) is 12.1 Å². The van der Waals surface area contributed by atoms with Gasteiger partial charge in [0.2, 0.25) is 5.91 Å². The van der Waals surface area contributed by atoms with Gasteiger partial charge in [-0.15, -0.1) is 0 Å². The van der Waals surface area contributed by atoms with Crippen molar-refractivity contribution in [3.8, 4) is 0 Å². The van der Waals surface area contributed by atoms with Crippen molar-refractivity contribution in [1.29, 1.82) is 0 Å². The second-order valence-electron chi connectivity index (χ2n) is 4.87. The number of anilines is 1. The van der Waals surface area contributed by atoms with E-state index in [1.807, 2.05) is 6.92 Å². The SMILES string of the molecule is Cc1ccc(S(=O)(=O)CC(=O)Nc2cc(Cl)c(Cl)cc2Cl)cc1. The van der Waals surface area contributed by atoms with Crippen molar-refractivity contribution in [3.05, 3.63) is 57.0 Å². The monoisotopic (exact) mass is 391 g/mol. The van der Waals surface area contributed by atoms with Gasteiger partial charge in [0.05, 0.1) is 25.7 Å². The molecule has 0 radical (unpaired) electrons. The Hall–Kier alpha value is -1.27. The number of nitrogens with one attached hydrogen (secondary N) is 1. The van der Waals surface area contributed by atoms with Crippen LogP contribution in [-0.2, 0) is 14.6 Å². The quantitative estimate of drug-likeness (QED) is 0.786. The van der Waals surface area contributed by atoms with Crippen LogP contribution in [0.15, 0.2) is 41.3 Å². The first kappa shape index (κ1) is 18.1. The van der Waals surface area contributed by atoms with E-state index in [-0.39, 0.29) is 25.7 Å². The summed E-state index contributed by atoms with van der Waals surface area (Å²) in [5.74, 6) is -1.42. The van der Waals surface area contributed by atoms with Crippen LogP contribution in [0.4, 0.5) is 5.69 Å². The van der Waals surface area contributed by atoms with Crippen molar-refractivity contribution in [3.63, 3.8) is 0 Å². The van der Waals surface area contributed by atoms with E-state index < -0.39 is 21.5 Å². The molecule has 1 N–H and O–H groups in total. The predicted molar refractivity (Wildman–Crippen MR) is 93.3 cm³/mol. The van der Waals surface area contributed by atoms with E-state index in [1.165, 1.54) is 24.3 Å². The Bertz CT molecular complexity index is 849. The highest BCUT2D eigenvalue weighted by molar-refractivity contribution is 7.92. The zero-order chi connectivity index (χ0) is 17.2. The molecule has 0 aliphatic rings. The third kappa shape index (κ3) is 4.61. The lowest BCUT2D eigenvalue weighted by molar-refractivity contribution is -0.113. The molecule has 2 aromatic carbocycles. The van der Waals surface area contributed by atoms with Crippen molar-refractivity contribution in [2.45, 2.75) is 11.8 Å². The number of halogens is 3. The van der Waals surface area contributed by atoms with Crippen LogP contribution in [0.1, 0.15) is 5.56 Å². The van der Waals surface area contributed by atoms with Crippen LogP contribution in [0, 0.1) is 6.92 Å². The Morgan fingerprint density at radius 2 is 1.57 bits per heavy atom. The number of hydrogen-bond acceptors (Lipinski definition) is 3. The summed E-state index contributed by atoms with van der Waals surface area (Å²) in [6.45, 7) is 1.84. The van der Waals surface area contributed by atoms with Crippen LogP contribution >= 0.6 is 34.8 Å². The van der Waals surface area contributed by atoms with Gasteiger partial charge in [-0.2, -0.15) is 0 Å². The Balaban J connectivity index is 2.16. The van der Waals surface area contributed by atoms with Gasteiger partial charge in [-0.25, -0.2) is 8.42 Å². The van der Waals surface area contributed by atoms with Gasteiger partial charge in [0.15, 0.2) is 9.84 Å². The zero-order valence-electron chi connectivity index (χ0n) is 11.9. The topological polar surface area (TPSA) is 63.2 Å². The molecule has 0 saturated carbocycles. The van der Waals surface area contributed by atoms with Crippen LogP contribution in [0.2, 0.25) is 15.1 Å². The predicted octanol–water partition coefficient (Wildman–Crippen LogP) is 4.37. The van der Waals surface area contributed by atoms with E-state index in [0.29, 0.717) is 0 Å². The summed E-state index contributed by atoms with van der Waals surface area (Å²) in [4.78, 5) is 12.1. The summed E-state index contributed by atoms with van der Waals surface area (Å²) >= 11 is 17.6. The Morgan fingerprint density at radius 1 is 1.00 bits per heavy atom. The van der Waals surface area contributed by atoms with Crippen LogP contribution in [0.5, 0.6) is 0 Å². The van der Waals surface area contributed by atoms with Gasteiger partial charge in [0, 0.05) is 0 Å². The number of hydrogen-bond donors (Lipinski definition) is 1. The molecular weight excluding hydrogens is 381 g/mol. The first-order valence-electron chi connectivity index (χ1n) is 6.43. The fourth-order valence-electron chi connectivity index (χ4n) is 1.81. The second-order valence-corrected chi connectivity index (χ2v) is 8.08. The number of rotatable bonds is 4. The van der Waals surface area contributed by atoms with Crippen LogP contribution in [-0.4, -0.2) is 20.1 Å². The molecule has 0 aliphatic carbocycles. The third-order valence-electron chi connectivity index (χ3n) is 2.99. The Morgan fingerprint density at radius 3 is 2.17 bits per heavy atom. The first-order valence-corrected chi connectivity index (χ1v) is 9.21. The Labute approximate surface area is 149 Å². The van der Waals surface area contributed by atoms with E-state index >= 15 is 0 Å². The Kier molecular flexibility index (Phi) is 5.57. The van der Waals surface area contributed by atoms with Crippen LogP contribution in [0.3, 0.4) is 0 Å². The van der Waals surface area contributed by atoms with Crippen molar-refractivity contribution in [2.75, 3.05) is 11.1 Å². The highest BCUT2D eigenvalue weighted by atomic mass is 35.5. The molecule has 0 aliphatic heterocycles. The lowest BCUT2D eigenvalue weighted by atomic mass is 10.2. The average Bonchev–Trinajstić information content (AvgIpc) is 2.44. The highest BCUT2D eigenvalue weighted by Gasteiger charge is 2.20. The molecule has 0 heterocycles. The maximum atomic E-state index is 12.2. The standard InChI is InChI=1S/C15H12Cl3NO3S/c1-9-2-4-10(5-3-9)23(21,22)8-15(20)19-14-7-12(17)11(16)6-13(14)18/h2-7H,8H2,1H3,(H,19,20). The van der Waals surface area contributed by atoms with Gasteiger partial charge >= 0.3 is 0 Å². The van der Waals surface area contributed by atoms with E-state index in [4.69, 9.17) is 34.8 Å². The molecular formula is C15H12Cl3NO3S. The largest absolute Gasteiger partial charge is 0.324 e. The molecule has 122 valence electrons. The van der Waals surface area contributed by atoms with Crippen LogP contribution in [0.25, 0.3) is 0 Å². The summed E-state index contributed by atoms with van der Waals surface area (Å²) in [5, 5.41) is 3.03. The second kappa shape index (κ2) is 7.09. The maximum absolute atomic E-state index is 12.2. The minimum atomic E-state index is -3.74. The summed E-state index contributed by atoms with van der Waals surface area (Å²) in [6, 6.07) is 8.99. The molecule has 2 rings (SSSR count). The average molecular weight is 393 g/mol.